The predicted molar refractivity (Wildman–Crippen MR) is 87.1 cm³/mol. The number of hydrogen-bond donors (Lipinski definition) is 0. The highest BCUT2D eigenvalue weighted by atomic mass is 32.1. The molecule has 0 amide bonds. The number of nitrogens with zero attached hydrogens (tertiary/aromatic N) is 2. The minimum atomic E-state index is 0.0139. The summed E-state index contributed by atoms with van der Waals surface area (Å²) >= 11 is 1.65. The molecule has 4 heteroatoms. The molecule has 106 valence electrons. The van der Waals surface area contributed by atoms with Gasteiger partial charge in [-0.05, 0) is 39.0 Å². The van der Waals surface area contributed by atoms with Crippen molar-refractivity contribution in [1.29, 1.82) is 0 Å². The van der Waals surface area contributed by atoms with Gasteiger partial charge in [0, 0.05) is 16.6 Å². The van der Waals surface area contributed by atoms with E-state index in [9.17, 15) is 4.79 Å². The van der Waals surface area contributed by atoms with Gasteiger partial charge in [-0.1, -0.05) is 23.8 Å². The van der Waals surface area contributed by atoms with Gasteiger partial charge in [0.1, 0.15) is 0 Å². The zero-order chi connectivity index (χ0) is 15.0. The SMILES string of the molecule is Cc1cccc(C(=O)/C=C/c2c(C)nc3sc(C)cn23)c1. The fourth-order valence-corrected chi connectivity index (χ4v) is 3.21. The number of benzene rings is 1. The number of imidazole rings is 1. The fraction of sp³-hybridized carbons (Fsp3) is 0.176. The Morgan fingerprint density at radius 2 is 2.10 bits per heavy atom. The zero-order valence-corrected chi connectivity index (χ0v) is 13.1. The number of ketones is 1. The van der Waals surface area contributed by atoms with Gasteiger partial charge in [0.05, 0.1) is 11.4 Å². The summed E-state index contributed by atoms with van der Waals surface area (Å²) < 4.78 is 2.04. The summed E-state index contributed by atoms with van der Waals surface area (Å²) in [5.74, 6) is 0.0139. The van der Waals surface area contributed by atoms with Gasteiger partial charge < -0.3 is 0 Å². The van der Waals surface area contributed by atoms with E-state index in [1.807, 2.05) is 48.6 Å². The Balaban J connectivity index is 1.94. The van der Waals surface area contributed by atoms with E-state index in [0.29, 0.717) is 5.56 Å². The number of carbonyl (C=O) groups excluding carboxylic acids is 1. The van der Waals surface area contributed by atoms with Crippen molar-refractivity contribution in [1.82, 2.24) is 9.38 Å². The molecule has 0 N–H and O–H groups in total. The molecule has 0 atom stereocenters. The van der Waals surface area contributed by atoms with Crippen LogP contribution >= 0.6 is 11.3 Å². The van der Waals surface area contributed by atoms with Crippen LogP contribution in [0.15, 0.2) is 36.5 Å². The molecule has 2 heterocycles. The molecule has 0 unspecified atom stereocenters. The highest BCUT2D eigenvalue weighted by Crippen LogP contribution is 2.21. The number of aryl methyl sites for hydroxylation is 3. The van der Waals surface area contributed by atoms with Crippen LogP contribution in [0.5, 0.6) is 0 Å². The van der Waals surface area contributed by atoms with E-state index in [-0.39, 0.29) is 5.78 Å². The second kappa shape index (κ2) is 5.30. The molecule has 0 radical (unpaired) electrons. The maximum Gasteiger partial charge on any atom is 0.194 e. The summed E-state index contributed by atoms with van der Waals surface area (Å²) in [6, 6.07) is 7.63. The van der Waals surface area contributed by atoms with Crippen LogP contribution in [0.1, 0.15) is 32.2 Å². The van der Waals surface area contributed by atoms with Crippen molar-refractivity contribution in [2.24, 2.45) is 0 Å². The molecule has 0 bridgehead atoms. The third kappa shape index (κ3) is 2.67. The Morgan fingerprint density at radius 3 is 2.86 bits per heavy atom. The molecule has 3 nitrogen and oxygen atoms in total. The van der Waals surface area contributed by atoms with Crippen molar-refractivity contribution in [3.05, 3.63) is 63.9 Å². The van der Waals surface area contributed by atoms with Gasteiger partial charge in [-0.25, -0.2) is 4.98 Å². The van der Waals surface area contributed by atoms with Crippen molar-refractivity contribution in [2.45, 2.75) is 20.8 Å². The molecule has 0 aliphatic heterocycles. The standard InChI is InChI=1S/C17H16N2OS/c1-11-5-4-6-14(9-11)16(20)8-7-15-13(3)18-17-19(15)10-12(2)21-17/h4-10H,1-3H3/b8-7+. The van der Waals surface area contributed by atoms with Crippen LogP contribution in [0.2, 0.25) is 0 Å². The van der Waals surface area contributed by atoms with Gasteiger partial charge in [0.15, 0.2) is 10.7 Å². The van der Waals surface area contributed by atoms with Crippen LogP contribution in [-0.2, 0) is 0 Å². The molecule has 1 aromatic carbocycles. The molecule has 0 saturated carbocycles. The van der Waals surface area contributed by atoms with Gasteiger partial charge in [-0.3, -0.25) is 9.20 Å². The number of fused-ring (bicyclic) bond motifs is 1. The van der Waals surface area contributed by atoms with Gasteiger partial charge >= 0.3 is 0 Å². The first-order valence-electron chi connectivity index (χ1n) is 6.79. The van der Waals surface area contributed by atoms with E-state index in [1.54, 1.807) is 17.4 Å². The first-order chi connectivity index (χ1) is 10.0. The van der Waals surface area contributed by atoms with Gasteiger partial charge in [0.2, 0.25) is 0 Å². The Labute approximate surface area is 127 Å². The number of rotatable bonds is 3. The van der Waals surface area contributed by atoms with Crippen molar-refractivity contribution < 1.29 is 4.79 Å². The Kier molecular flexibility index (Phi) is 3.47. The summed E-state index contributed by atoms with van der Waals surface area (Å²) in [4.78, 5) is 18.9. The first-order valence-corrected chi connectivity index (χ1v) is 7.60. The van der Waals surface area contributed by atoms with Gasteiger partial charge in [0.25, 0.3) is 0 Å². The predicted octanol–water partition coefficient (Wildman–Crippen LogP) is 4.22. The third-order valence-electron chi connectivity index (χ3n) is 3.36. The van der Waals surface area contributed by atoms with Crippen LogP contribution < -0.4 is 0 Å². The number of thiazole rings is 1. The molecular weight excluding hydrogens is 280 g/mol. The van der Waals surface area contributed by atoms with Crippen LogP contribution in [0.25, 0.3) is 11.0 Å². The molecule has 0 aliphatic rings. The summed E-state index contributed by atoms with van der Waals surface area (Å²) in [6.07, 6.45) is 5.53. The van der Waals surface area contributed by atoms with Crippen LogP contribution in [-0.4, -0.2) is 15.2 Å². The maximum absolute atomic E-state index is 12.2. The Hall–Kier alpha value is -2.20. The Bertz CT molecular complexity index is 855. The summed E-state index contributed by atoms with van der Waals surface area (Å²) in [7, 11) is 0. The largest absolute Gasteiger partial charge is 0.290 e. The average molecular weight is 296 g/mol. The van der Waals surface area contributed by atoms with Gasteiger partial charge in [-0.15, -0.1) is 11.3 Å². The molecular formula is C17H16N2OS. The highest BCUT2D eigenvalue weighted by molar-refractivity contribution is 7.17. The van der Waals surface area contributed by atoms with Crippen molar-refractivity contribution in [3.63, 3.8) is 0 Å². The van der Waals surface area contributed by atoms with E-state index in [1.165, 1.54) is 4.88 Å². The van der Waals surface area contributed by atoms with E-state index >= 15 is 0 Å². The lowest BCUT2D eigenvalue weighted by Gasteiger charge is -1.98. The topological polar surface area (TPSA) is 34.4 Å². The number of carbonyl (C=O) groups is 1. The lowest BCUT2D eigenvalue weighted by atomic mass is 10.1. The number of hydrogen-bond acceptors (Lipinski definition) is 3. The molecule has 21 heavy (non-hydrogen) atoms. The average Bonchev–Trinajstić information content (AvgIpc) is 2.91. The highest BCUT2D eigenvalue weighted by Gasteiger charge is 2.09. The molecule has 3 aromatic rings. The van der Waals surface area contributed by atoms with Crippen LogP contribution in [0, 0.1) is 20.8 Å². The number of allylic oxidation sites excluding steroid dienone is 1. The smallest absolute Gasteiger partial charge is 0.194 e. The van der Waals surface area contributed by atoms with Gasteiger partial charge in [-0.2, -0.15) is 0 Å². The quantitative estimate of drug-likeness (QED) is 0.536. The molecule has 2 aromatic heterocycles. The second-order valence-electron chi connectivity index (χ2n) is 5.14. The number of aromatic nitrogens is 2. The summed E-state index contributed by atoms with van der Waals surface area (Å²) in [6.45, 7) is 6.01. The molecule has 0 aliphatic carbocycles. The normalized spacial score (nSPS) is 11.6. The fourth-order valence-electron chi connectivity index (χ4n) is 2.33. The molecule has 0 spiro atoms. The molecule has 0 saturated heterocycles. The van der Waals surface area contributed by atoms with E-state index in [2.05, 4.69) is 18.1 Å². The van der Waals surface area contributed by atoms with E-state index in [4.69, 9.17) is 0 Å². The summed E-state index contributed by atoms with van der Waals surface area (Å²) in [5, 5.41) is 0. The monoisotopic (exact) mass is 296 g/mol. The van der Waals surface area contributed by atoms with Crippen molar-refractivity contribution >= 4 is 28.2 Å². The lowest BCUT2D eigenvalue weighted by molar-refractivity contribution is 0.104. The first kappa shape index (κ1) is 13.8. The van der Waals surface area contributed by atoms with E-state index in [0.717, 1.165) is 21.9 Å². The second-order valence-corrected chi connectivity index (χ2v) is 6.36. The van der Waals surface area contributed by atoms with Crippen molar-refractivity contribution in [2.75, 3.05) is 0 Å². The summed E-state index contributed by atoms with van der Waals surface area (Å²) in [5.41, 5.74) is 3.71. The van der Waals surface area contributed by atoms with Crippen LogP contribution in [0.4, 0.5) is 0 Å². The zero-order valence-electron chi connectivity index (χ0n) is 12.3. The molecule has 3 rings (SSSR count). The lowest BCUT2D eigenvalue weighted by Crippen LogP contribution is -1.95. The minimum absolute atomic E-state index is 0.0139. The minimum Gasteiger partial charge on any atom is -0.290 e. The molecule has 0 fully saturated rings. The maximum atomic E-state index is 12.2. The van der Waals surface area contributed by atoms with E-state index < -0.39 is 0 Å². The van der Waals surface area contributed by atoms with Crippen molar-refractivity contribution in [3.8, 4) is 0 Å². The Morgan fingerprint density at radius 1 is 1.29 bits per heavy atom. The third-order valence-corrected chi connectivity index (χ3v) is 4.26. The van der Waals surface area contributed by atoms with Crippen LogP contribution in [0.3, 0.4) is 0 Å².